The zero-order chi connectivity index (χ0) is 9.14. The van der Waals surface area contributed by atoms with Gasteiger partial charge in [-0.1, -0.05) is 35.0 Å². The molecule has 0 saturated heterocycles. The third-order valence-corrected chi connectivity index (χ3v) is 2.72. The Morgan fingerprint density at radius 1 is 1.42 bits per heavy atom. The molecule has 0 nitrogen and oxygen atoms in total. The summed E-state index contributed by atoms with van der Waals surface area (Å²) >= 11 is 3.22. The summed E-state index contributed by atoms with van der Waals surface area (Å²) in [6, 6.07) is 4.25. The highest BCUT2D eigenvalue weighted by molar-refractivity contribution is 9.09. The van der Waals surface area contributed by atoms with E-state index in [1.165, 1.54) is 6.07 Å². The molecule has 0 bridgehead atoms. The van der Waals surface area contributed by atoms with Crippen molar-refractivity contribution in [1.82, 2.24) is 0 Å². The Kier molecular flexibility index (Phi) is 3.20. The number of hydrogen-bond donors (Lipinski definition) is 0. The number of rotatable bonds is 2. The van der Waals surface area contributed by atoms with Crippen molar-refractivity contribution >= 4 is 15.9 Å². The lowest BCUT2D eigenvalue weighted by atomic mass is 10.0. The minimum absolute atomic E-state index is 0.000648. The number of benzene rings is 1. The summed E-state index contributed by atoms with van der Waals surface area (Å²) in [4.78, 5) is 0. The van der Waals surface area contributed by atoms with Crippen LogP contribution in [0.4, 0.5) is 8.78 Å². The first-order valence-corrected chi connectivity index (χ1v) is 4.78. The van der Waals surface area contributed by atoms with E-state index in [2.05, 4.69) is 15.9 Å². The van der Waals surface area contributed by atoms with Crippen LogP contribution in [-0.4, -0.2) is 5.33 Å². The normalized spacial score (nSPS) is 13.0. The van der Waals surface area contributed by atoms with E-state index < -0.39 is 11.6 Å². The van der Waals surface area contributed by atoms with Crippen molar-refractivity contribution in [2.24, 2.45) is 0 Å². The summed E-state index contributed by atoms with van der Waals surface area (Å²) in [5.41, 5.74) is 0.423. The molecule has 0 radical (unpaired) electrons. The van der Waals surface area contributed by atoms with Crippen LogP contribution in [0.3, 0.4) is 0 Å². The van der Waals surface area contributed by atoms with Gasteiger partial charge >= 0.3 is 0 Å². The molecular formula is C9H9BrF2. The van der Waals surface area contributed by atoms with E-state index in [-0.39, 0.29) is 5.92 Å². The van der Waals surface area contributed by atoms with Gasteiger partial charge in [0.1, 0.15) is 0 Å². The molecule has 0 spiro atoms. The van der Waals surface area contributed by atoms with E-state index >= 15 is 0 Å². The number of halogens is 3. The maximum Gasteiger partial charge on any atom is 0.162 e. The largest absolute Gasteiger partial charge is 0.204 e. The van der Waals surface area contributed by atoms with Crippen LogP contribution in [-0.2, 0) is 0 Å². The lowest BCUT2D eigenvalue weighted by Crippen LogP contribution is -2.00. The maximum atomic E-state index is 13.0. The van der Waals surface area contributed by atoms with Gasteiger partial charge in [0, 0.05) is 5.33 Å². The van der Waals surface area contributed by atoms with Crippen LogP contribution >= 0.6 is 15.9 Å². The lowest BCUT2D eigenvalue weighted by molar-refractivity contribution is 0.494. The van der Waals surface area contributed by atoms with E-state index in [1.54, 1.807) is 6.07 Å². The maximum absolute atomic E-state index is 13.0. The van der Waals surface area contributed by atoms with Crippen molar-refractivity contribution in [2.75, 3.05) is 5.33 Å². The second-order valence-electron chi connectivity index (χ2n) is 2.70. The summed E-state index contributed by atoms with van der Waals surface area (Å²) in [5, 5.41) is 0.632. The lowest BCUT2D eigenvalue weighted by Gasteiger charge is -2.08. The standard InChI is InChI=1S/C9H9BrF2/c1-6(5-10)7-3-2-4-8(11)9(7)12/h2-4,6H,5H2,1H3. The molecule has 3 heteroatoms. The average molecular weight is 235 g/mol. The van der Waals surface area contributed by atoms with Crippen LogP contribution in [0.25, 0.3) is 0 Å². The predicted molar refractivity (Wildman–Crippen MR) is 48.6 cm³/mol. The fourth-order valence-electron chi connectivity index (χ4n) is 0.984. The van der Waals surface area contributed by atoms with Crippen LogP contribution in [0, 0.1) is 11.6 Å². The molecule has 1 aromatic carbocycles. The highest BCUT2D eigenvalue weighted by Gasteiger charge is 2.12. The molecule has 0 aromatic heterocycles. The molecule has 0 N–H and O–H groups in total. The van der Waals surface area contributed by atoms with Crippen molar-refractivity contribution in [3.63, 3.8) is 0 Å². The van der Waals surface area contributed by atoms with Crippen LogP contribution in [0.2, 0.25) is 0 Å². The Labute approximate surface area is 78.7 Å². The zero-order valence-electron chi connectivity index (χ0n) is 6.65. The first kappa shape index (κ1) is 9.65. The summed E-state index contributed by atoms with van der Waals surface area (Å²) in [5.74, 6) is -1.51. The van der Waals surface area contributed by atoms with Crippen LogP contribution in [0.5, 0.6) is 0 Å². The summed E-state index contributed by atoms with van der Waals surface area (Å²) < 4.78 is 25.7. The molecule has 0 saturated carbocycles. The Balaban J connectivity index is 3.07. The molecule has 0 amide bonds. The zero-order valence-corrected chi connectivity index (χ0v) is 8.24. The fraction of sp³-hybridized carbons (Fsp3) is 0.333. The molecule has 0 heterocycles. The van der Waals surface area contributed by atoms with Gasteiger partial charge < -0.3 is 0 Å². The SMILES string of the molecule is CC(CBr)c1cccc(F)c1F. The second kappa shape index (κ2) is 3.99. The highest BCUT2D eigenvalue weighted by atomic mass is 79.9. The number of hydrogen-bond acceptors (Lipinski definition) is 0. The fourth-order valence-corrected chi connectivity index (χ4v) is 1.33. The van der Waals surface area contributed by atoms with Crippen molar-refractivity contribution < 1.29 is 8.78 Å². The molecular weight excluding hydrogens is 226 g/mol. The van der Waals surface area contributed by atoms with Gasteiger partial charge in [-0.25, -0.2) is 8.78 Å². The van der Waals surface area contributed by atoms with Gasteiger partial charge in [-0.2, -0.15) is 0 Å². The van der Waals surface area contributed by atoms with Crippen LogP contribution in [0.15, 0.2) is 18.2 Å². The molecule has 1 aromatic rings. The molecule has 0 aliphatic rings. The minimum Gasteiger partial charge on any atom is -0.204 e. The average Bonchev–Trinajstić information content (AvgIpc) is 2.08. The van der Waals surface area contributed by atoms with E-state index in [4.69, 9.17) is 0 Å². The van der Waals surface area contributed by atoms with Gasteiger partial charge in [0.25, 0.3) is 0 Å². The van der Waals surface area contributed by atoms with Crippen molar-refractivity contribution in [1.29, 1.82) is 0 Å². The minimum atomic E-state index is -0.778. The quantitative estimate of drug-likeness (QED) is 0.688. The monoisotopic (exact) mass is 234 g/mol. The third kappa shape index (κ3) is 1.83. The molecule has 0 aliphatic carbocycles. The van der Waals surface area contributed by atoms with Gasteiger partial charge in [0.05, 0.1) is 0 Å². The first-order chi connectivity index (χ1) is 5.66. The summed E-state index contributed by atoms with van der Waals surface area (Å²) in [6.07, 6.45) is 0. The Hall–Kier alpha value is -0.440. The Morgan fingerprint density at radius 3 is 2.67 bits per heavy atom. The predicted octanol–water partition coefficient (Wildman–Crippen LogP) is 3.46. The molecule has 1 rings (SSSR count). The molecule has 1 atom stereocenters. The van der Waals surface area contributed by atoms with Gasteiger partial charge in [0.2, 0.25) is 0 Å². The van der Waals surface area contributed by atoms with E-state index in [9.17, 15) is 8.78 Å². The molecule has 66 valence electrons. The Bertz CT molecular complexity index is 273. The van der Waals surface area contributed by atoms with E-state index in [0.717, 1.165) is 6.07 Å². The molecule has 0 fully saturated rings. The first-order valence-electron chi connectivity index (χ1n) is 3.66. The van der Waals surface area contributed by atoms with Crippen molar-refractivity contribution in [3.8, 4) is 0 Å². The summed E-state index contributed by atoms with van der Waals surface area (Å²) in [7, 11) is 0. The van der Waals surface area contributed by atoms with Gasteiger partial charge in [-0.15, -0.1) is 0 Å². The van der Waals surface area contributed by atoms with Gasteiger partial charge in [0.15, 0.2) is 11.6 Å². The van der Waals surface area contributed by atoms with Crippen molar-refractivity contribution in [3.05, 3.63) is 35.4 Å². The molecule has 1 unspecified atom stereocenters. The molecule has 0 aliphatic heterocycles. The van der Waals surface area contributed by atoms with E-state index in [0.29, 0.717) is 10.9 Å². The van der Waals surface area contributed by atoms with Gasteiger partial charge in [-0.3, -0.25) is 0 Å². The van der Waals surface area contributed by atoms with Crippen LogP contribution in [0.1, 0.15) is 18.4 Å². The topological polar surface area (TPSA) is 0 Å². The number of alkyl halides is 1. The van der Waals surface area contributed by atoms with Crippen LogP contribution < -0.4 is 0 Å². The highest BCUT2D eigenvalue weighted by Crippen LogP contribution is 2.21. The van der Waals surface area contributed by atoms with Gasteiger partial charge in [-0.05, 0) is 17.5 Å². The summed E-state index contributed by atoms with van der Waals surface area (Å²) in [6.45, 7) is 1.84. The second-order valence-corrected chi connectivity index (χ2v) is 3.35. The smallest absolute Gasteiger partial charge is 0.162 e. The Morgan fingerprint density at radius 2 is 2.08 bits per heavy atom. The third-order valence-electron chi connectivity index (χ3n) is 1.74. The molecule has 12 heavy (non-hydrogen) atoms. The van der Waals surface area contributed by atoms with E-state index in [1.807, 2.05) is 6.92 Å². The van der Waals surface area contributed by atoms with Crippen molar-refractivity contribution in [2.45, 2.75) is 12.8 Å².